The summed E-state index contributed by atoms with van der Waals surface area (Å²) in [4.78, 5) is 0. The van der Waals surface area contributed by atoms with Gasteiger partial charge < -0.3 is 5.32 Å². The highest BCUT2D eigenvalue weighted by atomic mass is 79.9. The molecule has 1 aliphatic rings. The fourth-order valence-corrected chi connectivity index (χ4v) is 3.35. The molecule has 1 aliphatic heterocycles. The average molecular weight is 304 g/mol. The van der Waals surface area contributed by atoms with Crippen LogP contribution in [0.25, 0.3) is 0 Å². The van der Waals surface area contributed by atoms with E-state index in [4.69, 9.17) is 0 Å². The van der Waals surface area contributed by atoms with Crippen molar-refractivity contribution in [3.63, 3.8) is 0 Å². The van der Waals surface area contributed by atoms with Gasteiger partial charge in [0.05, 0.1) is 4.47 Å². The number of hydrogen-bond acceptors (Lipinski definition) is 2. The normalized spacial score (nSPS) is 17.6. The average Bonchev–Trinajstić information content (AvgIpc) is 2.32. The van der Waals surface area contributed by atoms with E-state index in [0.29, 0.717) is 10.5 Å². The van der Waals surface area contributed by atoms with Crippen LogP contribution in [0, 0.1) is 5.82 Å². The van der Waals surface area contributed by atoms with E-state index in [-0.39, 0.29) is 5.82 Å². The Kier molecular flexibility index (Phi) is 4.67. The minimum absolute atomic E-state index is 0.196. The second-order valence-corrected chi connectivity index (χ2v) is 6.10. The van der Waals surface area contributed by atoms with E-state index < -0.39 is 0 Å². The van der Waals surface area contributed by atoms with Crippen LogP contribution in [-0.2, 0) is 6.54 Å². The SMILES string of the molecule is Fc1ccc(CNC2CCSCC2)cc1Br. The smallest absolute Gasteiger partial charge is 0.137 e. The molecule has 0 bridgehead atoms. The highest BCUT2D eigenvalue weighted by molar-refractivity contribution is 9.10. The van der Waals surface area contributed by atoms with Crippen molar-refractivity contribution in [2.75, 3.05) is 11.5 Å². The van der Waals surface area contributed by atoms with Crippen LogP contribution in [0.4, 0.5) is 4.39 Å². The van der Waals surface area contributed by atoms with Crippen molar-refractivity contribution in [1.29, 1.82) is 0 Å². The summed E-state index contributed by atoms with van der Waals surface area (Å²) in [5.41, 5.74) is 1.13. The largest absolute Gasteiger partial charge is 0.310 e. The van der Waals surface area contributed by atoms with Gasteiger partial charge in [-0.1, -0.05) is 6.07 Å². The lowest BCUT2D eigenvalue weighted by molar-refractivity contribution is 0.482. The van der Waals surface area contributed by atoms with Gasteiger partial charge in [0, 0.05) is 12.6 Å². The number of thioether (sulfide) groups is 1. The van der Waals surface area contributed by atoms with E-state index in [1.54, 1.807) is 0 Å². The fourth-order valence-electron chi connectivity index (χ4n) is 1.81. The van der Waals surface area contributed by atoms with Crippen LogP contribution in [0.15, 0.2) is 22.7 Å². The zero-order valence-corrected chi connectivity index (χ0v) is 11.4. The quantitative estimate of drug-likeness (QED) is 0.916. The predicted octanol–water partition coefficient (Wildman–Crippen LogP) is 3.57. The Balaban J connectivity index is 1.86. The van der Waals surface area contributed by atoms with E-state index >= 15 is 0 Å². The van der Waals surface area contributed by atoms with Crippen LogP contribution in [0.5, 0.6) is 0 Å². The standard InChI is InChI=1S/C12H15BrFNS/c13-11-7-9(1-2-12(11)14)8-15-10-3-5-16-6-4-10/h1-2,7,10,15H,3-6,8H2. The van der Waals surface area contributed by atoms with Crippen molar-refractivity contribution in [2.24, 2.45) is 0 Å². The van der Waals surface area contributed by atoms with Gasteiger partial charge in [0.1, 0.15) is 5.82 Å². The van der Waals surface area contributed by atoms with Gasteiger partial charge in [-0.15, -0.1) is 0 Å². The predicted molar refractivity (Wildman–Crippen MR) is 71.3 cm³/mol. The van der Waals surface area contributed by atoms with E-state index in [2.05, 4.69) is 21.2 Å². The van der Waals surface area contributed by atoms with Gasteiger partial charge in [0.15, 0.2) is 0 Å². The molecule has 0 spiro atoms. The maximum atomic E-state index is 13.0. The number of nitrogens with one attached hydrogen (secondary N) is 1. The molecule has 0 atom stereocenters. The molecular weight excluding hydrogens is 289 g/mol. The summed E-state index contributed by atoms with van der Waals surface area (Å²) in [5, 5.41) is 3.53. The molecule has 16 heavy (non-hydrogen) atoms. The molecule has 1 nitrogen and oxygen atoms in total. The third-order valence-corrected chi connectivity index (χ3v) is 4.46. The highest BCUT2D eigenvalue weighted by Crippen LogP contribution is 2.19. The molecule has 0 radical (unpaired) electrons. The van der Waals surface area contributed by atoms with Gasteiger partial charge in [-0.05, 0) is 58.0 Å². The summed E-state index contributed by atoms with van der Waals surface area (Å²) < 4.78 is 13.6. The van der Waals surface area contributed by atoms with Crippen LogP contribution < -0.4 is 5.32 Å². The summed E-state index contributed by atoms with van der Waals surface area (Å²) in [6.45, 7) is 0.828. The summed E-state index contributed by atoms with van der Waals surface area (Å²) in [6, 6.07) is 5.83. The maximum Gasteiger partial charge on any atom is 0.137 e. The summed E-state index contributed by atoms with van der Waals surface area (Å²) in [7, 11) is 0. The molecule has 1 N–H and O–H groups in total. The number of rotatable bonds is 3. The maximum absolute atomic E-state index is 13.0. The van der Waals surface area contributed by atoms with Gasteiger partial charge in [0.25, 0.3) is 0 Å². The first-order valence-corrected chi connectivity index (χ1v) is 7.45. The highest BCUT2D eigenvalue weighted by Gasteiger charge is 2.12. The Morgan fingerprint density at radius 3 is 2.81 bits per heavy atom. The minimum Gasteiger partial charge on any atom is -0.310 e. The minimum atomic E-state index is -0.196. The number of benzene rings is 1. The van der Waals surface area contributed by atoms with Gasteiger partial charge in [0.2, 0.25) is 0 Å². The van der Waals surface area contributed by atoms with Crippen molar-refractivity contribution in [1.82, 2.24) is 5.32 Å². The van der Waals surface area contributed by atoms with Gasteiger partial charge in [-0.3, -0.25) is 0 Å². The van der Waals surface area contributed by atoms with Crippen molar-refractivity contribution >= 4 is 27.7 Å². The Labute approximate surface area is 108 Å². The molecular formula is C12H15BrFNS. The van der Waals surface area contributed by atoms with Crippen molar-refractivity contribution in [2.45, 2.75) is 25.4 Å². The monoisotopic (exact) mass is 303 g/mol. The second-order valence-electron chi connectivity index (χ2n) is 4.02. The van der Waals surface area contributed by atoms with E-state index in [9.17, 15) is 4.39 Å². The summed E-state index contributed by atoms with van der Waals surface area (Å²) in [6.07, 6.45) is 2.49. The molecule has 0 unspecified atom stereocenters. The number of hydrogen-bond donors (Lipinski definition) is 1. The van der Waals surface area contributed by atoms with Crippen LogP contribution in [0.1, 0.15) is 18.4 Å². The molecule has 1 saturated heterocycles. The molecule has 1 aromatic rings. The fraction of sp³-hybridized carbons (Fsp3) is 0.500. The van der Waals surface area contributed by atoms with Crippen LogP contribution in [0.2, 0.25) is 0 Å². The van der Waals surface area contributed by atoms with E-state index in [1.807, 2.05) is 23.9 Å². The first-order valence-electron chi connectivity index (χ1n) is 5.51. The number of halogens is 2. The lowest BCUT2D eigenvalue weighted by atomic mass is 10.1. The Bertz CT molecular complexity index is 353. The van der Waals surface area contributed by atoms with Crippen molar-refractivity contribution in [3.8, 4) is 0 Å². The molecule has 1 heterocycles. The first-order chi connectivity index (χ1) is 7.75. The lowest BCUT2D eigenvalue weighted by Gasteiger charge is -2.22. The van der Waals surface area contributed by atoms with E-state index in [1.165, 1.54) is 30.4 Å². The Morgan fingerprint density at radius 1 is 1.38 bits per heavy atom. The third kappa shape index (κ3) is 3.47. The van der Waals surface area contributed by atoms with Gasteiger partial charge in [-0.2, -0.15) is 11.8 Å². The second kappa shape index (κ2) is 6.03. The zero-order valence-electron chi connectivity index (χ0n) is 9.01. The van der Waals surface area contributed by atoms with Gasteiger partial charge in [-0.25, -0.2) is 4.39 Å². The van der Waals surface area contributed by atoms with Crippen LogP contribution in [0.3, 0.4) is 0 Å². The Morgan fingerprint density at radius 2 is 2.12 bits per heavy atom. The Hall–Kier alpha value is -0.0600. The van der Waals surface area contributed by atoms with E-state index in [0.717, 1.165) is 12.1 Å². The third-order valence-electron chi connectivity index (χ3n) is 2.80. The molecule has 4 heteroatoms. The zero-order chi connectivity index (χ0) is 11.4. The summed E-state index contributed by atoms with van der Waals surface area (Å²) >= 11 is 5.23. The molecule has 0 saturated carbocycles. The molecule has 0 aliphatic carbocycles. The molecule has 1 fully saturated rings. The van der Waals surface area contributed by atoms with Crippen molar-refractivity contribution < 1.29 is 4.39 Å². The van der Waals surface area contributed by atoms with Crippen molar-refractivity contribution in [3.05, 3.63) is 34.1 Å². The van der Waals surface area contributed by atoms with Crippen LogP contribution >= 0.6 is 27.7 Å². The molecule has 0 aromatic heterocycles. The summed E-state index contributed by atoms with van der Waals surface area (Å²) in [5.74, 6) is 2.31. The first kappa shape index (κ1) is 12.4. The van der Waals surface area contributed by atoms with Crippen LogP contribution in [-0.4, -0.2) is 17.5 Å². The topological polar surface area (TPSA) is 12.0 Å². The molecule has 2 rings (SSSR count). The van der Waals surface area contributed by atoms with Gasteiger partial charge >= 0.3 is 0 Å². The molecule has 1 aromatic carbocycles. The lowest BCUT2D eigenvalue weighted by Crippen LogP contribution is -2.32. The molecule has 0 amide bonds. The molecule has 88 valence electrons.